The summed E-state index contributed by atoms with van der Waals surface area (Å²) in [5.41, 5.74) is 3.33. The fourth-order valence-electron chi connectivity index (χ4n) is 2.08. The van der Waals surface area contributed by atoms with Gasteiger partial charge in [-0.3, -0.25) is 10.00 Å². The van der Waals surface area contributed by atoms with E-state index in [1.54, 1.807) is 18.3 Å². The number of hydrogen-bond acceptors (Lipinski definition) is 3. The molecular formula is C14H19N5O. The maximum Gasteiger partial charge on any atom is 0.320 e. The first kappa shape index (κ1) is 14.0. The number of nitrogens with zero attached hydrogens (tertiary/aromatic N) is 3. The number of carbonyl (C=O) groups is 1. The number of urea groups is 1. The molecule has 0 saturated carbocycles. The number of anilines is 1. The maximum absolute atomic E-state index is 11.7. The number of nitrogens with one attached hydrogen (secondary N) is 2. The molecule has 2 aromatic rings. The van der Waals surface area contributed by atoms with E-state index in [1.165, 1.54) is 5.56 Å². The zero-order valence-corrected chi connectivity index (χ0v) is 12.0. The molecular weight excluding hydrogens is 254 g/mol. The molecule has 2 amide bonds. The Hall–Kier alpha value is -2.37. The van der Waals surface area contributed by atoms with Gasteiger partial charge in [-0.2, -0.15) is 5.10 Å². The van der Waals surface area contributed by atoms with Gasteiger partial charge in [-0.15, -0.1) is 0 Å². The summed E-state index contributed by atoms with van der Waals surface area (Å²) in [7, 11) is 1.92. The van der Waals surface area contributed by atoms with Crippen molar-refractivity contribution in [3.05, 3.63) is 41.3 Å². The minimum Gasteiger partial charge on any atom is -0.337 e. The van der Waals surface area contributed by atoms with E-state index >= 15 is 0 Å². The van der Waals surface area contributed by atoms with Crippen LogP contribution in [0.5, 0.6) is 0 Å². The predicted octanol–water partition coefficient (Wildman–Crippen LogP) is 1.80. The highest BCUT2D eigenvalue weighted by Crippen LogP contribution is 2.11. The Morgan fingerprint density at radius 2 is 2.15 bits per heavy atom. The van der Waals surface area contributed by atoms with Gasteiger partial charge in [0.15, 0.2) is 0 Å². The van der Waals surface area contributed by atoms with Gasteiger partial charge in [-0.1, -0.05) is 6.07 Å². The van der Waals surface area contributed by atoms with Crippen molar-refractivity contribution in [2.45, 2.75) is 20.3 Å². The van der Waals surface area contributed by atoms with Crippen LogP contribution in [-0.2, 0) is 13.5 Å². The number of amides is 2. The number of pyridine rings is 1. The molecule has 2 aromatic heterocycles. The standard InChI is InChI=1S/C14H19N5O/c1-10-12(11(2)19(3)18-10)7-9-16-14(20)17-13-6-4-5-8-15-13/h4-6,8H,7,9H2,1-3H3,(H2,15,16,17,20). The highest BCUT2D eigenvalue weighted by Gasteiger charge is 2.09. The molecule has 0 aliphatic rings. The molecule has 2 rings (SSSR count). The molecule has 0 fully saturated rings. The summed E-state index contributed by atoms with van der Waals surface area (Å²) in [6.07, 6.45) is 2.40. The molecule has 106 valence electrons. The second-order valence-electron chi connectivity index (χ2n) is 4.62. The summed E-state index contributed by atoms with van der Waals surface area (Å²) in [5, 5.41) is 9.85. The van der Waals surface area contributed by atoms with E-state index < -0.39 is 0 Å². The quantitative estimate of drug-likeness (QED) is 0.892. The summed E-state index contributed by atoms with van der Waals surface area (Å²) in [6, 6.07) is 5.12. The van der Waals surface area contributed by atoms with Crippen LogP contribution in [0.1, 0.15) is 17.0 Å². The molecule has 0 aromatic carbocycles. The maximum atomic E-state index is 11.7. The molecule has 6 heteroatoms. The molecule has 0 atom stereocenters. The van der Waals surface area contributed by atoms with E-state index in [0.29, 0.717) is 12.4 Å². The van der Waals surface area contributed by atoms with Gasteiger partial charge in [-0.05, 0) is 38.0 Å². The van der Waals surface area contributed by atoms with Gasteiger partial charge in [-0.25, -0.2) is 9.78 Å². The van der Waals surface area contributed by atoms with Crippen molar-refractivity contribution in [1.29, 1.82) is 0 Å². The molecule has 0 aliphatic heterocycles. The van der Waals surface area contributed by atoms with Gasteiger partial charge >= 0.3 is 6.03 Å². The van der Waals surface area contributed by atoms with Crippen molar-refractivity contribution in [1.82, 2.24) is 20.1 Å². The topological polar surface area (TPSA) is 71.8 Å². The number of aryl methyl sites for hydroxylation is 2. The average molecular weight is 273 g/mol. The van der Waals surface area contributed by atoms with Gasteiger partial charge in [0, 0.05) is 25.5 Å². The van der Waals surface area contributed by atoms with Crippen LogP contribution < -0.4 is 10.6 Å². The van der Waals surface area contributed by atoms with E-state index in [4.69, 9.17) is 0 Å². The first-order chi connectivity index (χ1) is 9.58. The first-order valence-corrected chi connectivity index (χ1v) is 6.53. The SMILES string of the molecule is Cc1nn(C)c(C)c1CCNC(=O)Nc1ccccn1. The summed E-state index contributed by atoms with van der Waals surface area (Å²) in [5.74, 6) is 0.540. The van der Waals surface area contributed by atoms with E-state index in [0.717, 1.165) is 17.8 Å². The molecule has 0 aliphatic carbocycles. The van der Waals surface area contributed by atoms with Crippen molar-refractivity contribution in [3.8, 4) is 0 Å². The van der Waals surface area contributed by atoms with Gasteiger partial charge in [0.1, 0.15) is 5.82 Å². The third kappa shape index (κ3) is 3.34. The highest BCUT2D eigenvalue weighted by molar-refractivity contribution is 5.88. The second kappa shape index (κ2) is 6.18. The van der Waals surface area contributed by atoms with Crippen molar-refractivity contribution in [2.24, 2.45) is 7.05 Å². The van der Waals surface area contributed by atoms with Gasteiger partial charge in [0.2, 0.25) is 0 Å². The lowest BCUT2D eigenvalue weighted by Crippen LogP contribution is -2.30. The third-order valence-electron chi connectivity index (χ3n) is 3.23. The van der Waals surface area contributed by atoms with Crippen LogP contribution in [0.15, 0.2) is 24.4 Å². The Morgan fingerprint density at radius 1 is 1.35 bits per heavy atom. The number of rotatable bonds is 4. The fourth-order valence-corrected chi connectivity index (χ4v) is 2.08. The molecule has 0 saturated heterocycles. The Kier molecular flexibility index (Phi) is 4.34. The van der Waals surface area contributed by atoms with Crippen LogP contribution in [0.3, 0.4) is 0 Å². The summed E-state index contributed by atoms with van der Waals surface area (Å²) in [4.78, 5) is 15.7. The fraction of sp³-hybridized carbons (Fsp3) is 0.357. The first-order valence-electron chi connectivity index (χ1n) is 6.53. The highest BCUT2D eigenvalue weighted by atomic mass is 16.2. The molecule has 0 radical (unpaired) electrons. The van der Waals surface area contributed by atoms with E-state index in [9.17, 15) is 4.79 Å². The minimum absolute atomic E-state index is 0.247. The largest absolute Gasteiger partial charge is 0.337 e. The van der Waals surface area contributed by atoms with Crippen molar-refractivity contribution in [2.75, 3.05) is 11.9 Å². The van der Waals surface area contributed by atoms with Crippen LogP contribution in [0.2, 0.25) is 0 Å². The Balaban J connectivity index is 1.82. The zero-order chi connectivity index (χ0) is 14.5. The Labute approximate surface area is 118 Å². The molecule has 2 N–H and O–H groups in total. The molecule has 6 nitrogen and oxygen atoms in total. The molecule has 0 spiro atoms. The van der Waals surface area contributed by atoms with Crippen molar-refractivity contribution in [3.63, 3.8) is 0 Å². The molecule has 0 unspecified atom stereocenters. The Morgan fingerprint density at radius 3 is 2.75 bits per heavy atom. The van der Waals surface area contributed by atoms with E-state index in [2.05, 4.69) is 20.7 Å². The summed E-state index contributed by atoms with van der Waals surface area (Å²) >= 11 is 0. The van der Waals surface area contributed by atoms with E-state index in [-0.39, 0.29) is 6.03 Å². The second-order valence-corrected chi connectivity index (χ2v) is 4.62. The lowest BCUT2D eigenvalue weighted by Gasteiger charge is -2.07. The van der Waals surface area contributed by atoms with Crippen LogP contribution in [0.4, 0.5) is 10.6 Å². The monoisotopic (exact) mass is 273 g/mol. The smallest absolute Gasteiger partial charge is 0.320 e. The van der Waals surface area contributed by atoms with Crippen molar-refractivity contribution < 1.29 is 4.79 Å². The summed E-state index contributed by atoms with van der Waals surface area (Å²) in [6.45, 7) is 4.58. The number of carbonyl (C=O) groups excluding carboxylic acids is 1. The average Bonchev–Trinajstić information content (AvgIpc) is 2.66. The van der Waals surface area contributed by atoms with Crippen LogP contribution in [-0.4, -0.2) is 27.3 Å². The Bertz CT molecular complexity index is 591. The lowest BCUT2D eigenvalue weighted by atomic mass is 10.1. The van der Waals surface area contributed by atoms with Crippen LogP contribution in [0.25, 0.3) is 0 Å². The van der Waals surface area contributed by atoms with Gasteiger partial charge in [0.25, 0.3) is 0 Å². The van der Waals surface area contributed by atoms with Gasteiger partial charge in [0.05, 0.1) is 5.69 Å². The molecule has 20 heavy (non-hydrogen) atoms. The molecule has 2 heterocycles. The normalized spacial score (nSPS) is 10.3. The third-order valence-corrected chi connectivity index (χ3v) is 3.23. The van der Waals surface area contributed by atoms with Crippen LogP contribution >= 0.6 is 0 Å². The molecule has 0 bridgehead atoms. The summed E-state index contributed by atoms with van der Waals surface area (Å²) < 4.78 is 1.86. The minimum atomic E-state index is -0.247. The van der Waals surface area contributed by atoms with Gasteiger partial charge < -0.3 is 5.32 Å². The van der Waals surface area contributed by atoms with Crippen LogP contribution in [0, 0.1) is 13.8 Å². The lowest BCUT2D eigenvalue weighted by molar-refractivity contribution is 0.252. The predicted molar refractivity (Wildman–Crippen MR) is 77.6 cm³/mol. The number of aromatic nitrogens is 3. The number of hydrogen-bond donors (Lipinski definition) is 2. The zero-order valence-electron chi connectivity index (χ0n) is 12.0. The van der Waals surface area contributed by atoms with Crippen molar-refractivity contribution >= 4 is 11.8 Å². The van der Waals surface area contributed by atoms with E-state index in [1.807, 2.05) is 31.6 Å².